The van der Waals surface area contributed by atoms with Crippen molar-refractivity contribution in [2.75, 3.05) is 19.0 Å². The summed E-state index contributed by atoms with van der Waals surface area (Å²) in [4.78, 5) is 25.0. The molecule has 5 heteroatoms. The van der Waals surface area contributed by atoms with Gasteiger partial charge in [-0.3, -0.25) is 4.79 Å². The molecule has 0 aliphatic rings. The van der Waals surface area contributed by atoms with Gasteiger partial charge in [-0.1, -0.05) is 25.5 Å². The number of carbonyl (C=O) groups is 1. The van der Waals surface area contributed by atoms with Gasteiger partial charge in [-0.25, -0.2) is 0 Å². The Hall–Kier alpha value is -2.43. The van der Waals surface area contributed by atoms with E-state index in [1.54, 1.807) is 7.05 Å². The molecule has 0 saturated heterocycles. The van der Waals surface area contributed by atoms with Crippen molar-refractivity contribution in [3.8, 4) is 0 Å². The first-order valence-electron chi connectivity index (χ1n) is 7.40. The summed E-state index contributed by atoms with van der Waals surface area (Å²) in [5.74, 6) is -0.0173. The van der Waals surface area contributed by atoms with Crippen LogP contribution in [0.1, 0.15) is 35.9 Å². The van der Waals surface area contributed by atoms with E-state index in [9.17, 15) is 9.70 Å². The zero-order valence-corrected chi connectivity index (χ0v) is 13.2. The lowest BCUT2D eigenvalue weighted by Gasteiger charge is -2.16. The minimum absolute atomic E-state index is 0.117. The maximum absolute atomic E-state index is 12.3. The van der Waals surface area contributed by atoms with Crippen LogP contribution < -0.4 is 4.90 Å². The van der Waals surface area contributed by atoms with Crippen molar-refractivity contribution in [1.29, 1.82) is 0 Å². The molecule has 0 radical (unpaired) electrons. The zero-order chi connectivity index (χ0) is 16.1. The molecule has 116 valence electrons. The van der Waals surface area contributed by atoms with E-state index in [2.05, 4.69) is 6.92 Å². The third kappa shape index (κ3) is 3.61. The molecule has 0 fully saturated rings. The number of furan rings is 1. The van der Waals surface area contributed by atoms with Crippen LogP contribution in [0.5, 0.6) is 0 Å². The highest BCUT2D eigenvalue weighted by atomic mass is 16.4. The Morgan fingerprint density at radius 3 is 2.41 bits per heavy atom. The molecule has 0 unspecified atom stereocenters. The second-order valence-electron chi connectivity index (χ2n) is 5.27. The average Bonchev–Trinajstić information content (AvgIpc) is 3.02. The molecule has 5 nitrogen and oxygen atoms in total. The van der Waals surface area contributed by atoms with Gasteiger partial charge in [0.15, 0.2) is 12.8 Å². The fourth-order valence-electron chi connectivity index (χ4n) is 2.16. The van der Waals surface area contributed by atoms with Crippen LogP contribution in [-0.4, -0.2) is 24.8 Å². The Labute approximate surface area is 130 Å². The molecule has 22 heavy (non-hydrogen) atoms. The van der Waals surface area contributed by atoms with E-state index in [0.29, 0.717) is 4.76 Å². The average molecular weight is 301 g/mol. The van der Waals surface area contributed by atoms with Gasteiger partial charge in [0.1, 0.15) is 0 Å². The molecule has 0 aliphatic carbocycles. The second-order valence-corrected chi connectivity index (χ2v) is 5.27. The fourth-order valence-corrected chi connectivity index (χ4v) is 2.16. The highest BCUT2D eigenvalue weighted by Crippen LogP contribution is 2.21. The molecule has 0 saturated carbocycles. The number of benzene rings is 1. The van der Waals surface area contributed by atoms with Crippen LogP contribution in [-0.2, 0) is 6.42 Å². The van der Waals surface area contributed by atoms with E-state index in [0.717, 1.165) is 24.9 Å². The molecule has 1 heterocycles. The smallest absolute Gasteiger partial charge is 0.396 e. The SMILES string of the molecule is CCCCc1ccc(N(C)C(=O)c2ccc([N+](C)=O)o2)cc1. The topological polar surface area (TPSA) is 53.5 Å². The first kappa shape index (κ1) is 15.9. The number of hydrogen-bond donors (Lipinski definition) is 0. The van der Waals surface area contributed by atoms with Crippen molar-refractivity contribution in [1.82, 2.24) is 0 Å². The summed E-state index contributed by atoms with van der Waals surface area (Å²) in [5.41, 5.74) is 2.05. The molecular weight excluding hydrogens is 280 g/mol. The predicted octanol–water partition coefficient (Wildman–Crippen LogP) is 3.94. The number of hydrogen-bond acceptors (Lipinski definition) is 3. The fraction of sp³-hybridized carbons (Fsp3) is 0.353. The van der Waals surface area contributed by atoms with Crippen molar-refractivity contribution in [3.05, 3.63) is 52.6 Å². The summed E-state index contributed by atoms with van der Waals surface area (Å²) in [7, 11) is 3.01. The number of nitroso groups, excluding NO2 is 1. The van der Waals surface area contributed by atoms with Gasteiger partial charge < -0.3 is 9.32 Å². The maximum Gasteiger partial charge on any atom is 0.421 e. The van der Waals surface area contributed by atoms with E-state index in [4.69, 9.17) is 4.42 Å². The molecule has 1 aromatic heterocycles. The third-order valence-corrected chi connectivity index (χ3v) is 3.56. The molecule has 0 N–H and O–H groups in total. The van der Waals surface area contributed by atoms with Crippen LogP contribution in [0.2, 0.25) is 0 Å². The van der Waals surface area contributed by atoms with Gasteiger partial charge in [0.05, 0.1) is 10.8 Å². The Kier molecular flexibility index (Phi) is 5.09. The molecule has 0 aliphatic heterocycles. The monoisotopic (exact) mass is 301 g/mol. The summed E-state index contributed by atoms with van der Waals surface area (Å²) in [6.45, 7) is 2.16. The number of carbonyl (C=O) groups excluding carboxylic acids is 1. The number of anilines is 1. The van der Waals surface area contributed by atoms with Crippen LogP contribution in [0, 0.1) is 4.91 Å². The normalized spacial score (nSPS) is 10.5. The maximum atomic E-state index is 12.3. The molecule has 0 bridgehead atoms. The van der Waals surface area contributed by atoms with E-state index in [-0.39, 0.29) is 17.6 Å². The minimum atomic E-state index is -0.283. The van der Waals surface area contributed by atoms with Crippen LogP contribution in [0.3, 0.4) is 0 Å². The Balaban J connectivity index is 2.10. The largest absolute Gasteiger partial charge is 0.421 e. The first-order valence-corrected chi connectivity index (χ1v) is 7.40. The molecule has 1 aromatic carbocycles. The Morgan fingerprint density at radius 2 is 1.86 bits per heavy atom. The first-order chi connectivity index (χ1) is 10.5. The van der Waals surface area contributed by atoms with Gasteiger partial charge in [-0.15, -0.1) is 0 Å². The van der Waals surface area contributed by atoms with Gasteiger partial charge in [-0.2, -0.15) is 0 Å². The summed E-state index contributed by atoms with van der Waals surface area (Å²) in [6.07, 6.45) is 3.37. The zero-order valence-electron chi connectivity index (χ0n) is 13.2. The summed E-state index contributed by atoms with van der Waals surface area (Å²) in [5, 5.41) is 0. The number of aryl methyl sites for hydroxylation is 1. The standard InChI is InChI=1S/C17H21N2O3/c1-4-5-6-13-7-9-14(10-8-13)18(2)17(20)15-11-12-16(22-15)19(3)21/h7-12H,4-6H2,1-3H3/q+1. The predicted molar refractivity (Wildman–Crippen MR) is 85.7 cm³/mol. The summed E-state index contributed by atoms with van der Waals surface area (Å²) in [6, 6.07) is 10.9. The summed E-state index contributed by atoms with van der Waals surface area (Å²) < 4.78 is 5.83. The van der Waals surface area contributed by atoms with Crippen molar-refractivity contribution in [3.63, 3.8) is 0 Å². The van der Waals surface area contributed by atoms with Gasteiger partial charge in [0.25, 0.3) is 5.91 Å². The van der Waals surface area contributed by atoms with Crippen LogP contribution in [0.25, 0.3) is 0 Å². The molecular formula is C17H21N2O3+. The van der Waals surface area contributed by atoms with Gasteiger partial charge in [0, 0.05) is 17.6 Å². The number of rotatable bonds is 6. The van der Waals surface area contributed by atoms with E-state index < -0.39 is 0 Å². The lowest BCUT2D eigenvalue weighted by molar-refractivity contribution is -0.444. The molecule has 1 amide bonds. The number of unbranched alkanes of at least 4 members (excludes halogenated alkanes) is 1. The van der Waals surface area contributed by atoms with Crippen LogP contribution >= 0.6 is 0 Å². The molecule has 2 aromatic rings. The molecule has 2 rings (SSSR count). The minimum Gasteiger partial charge on any atom is -0.396 e. The van der Waals surface area contributed by atoms with Crippen LogP contribution in [0.15, 0.2) is 40.8 Å². The number of nitrogens with zero attached hydrogens (tertiary/aromatic N) is 2. The quantitative estimate of drug-likeness (QED) is 0.759. The van der Waals surface area contributed by atoms with E-state index in [1.165, 1.54) is 29.6 Å². The summed E-state index contributed by atoms with van der Waals surface area (Å²) >= 11 is 0. The van der Waals surface area contributed by atoms with Gasteiger partial charge >= 0.3 is 5.88 Å². The lowest BCUT2D eigenvalue weighted by atomic mass is 10.1. The van der Waals surface area contributed by atoms with E-state index >= 15 is 0 Å². The van der Waals surface area contributed by atoms with E-state index in [1.807, 2.05) is 24.3 Å². The van der Waals surface area contributed by atoms with Crippen molar-refractivity contribution in [2.45, 2.75) is 26.2 Å². The Morgan fingerprint density at radius 1 is 1.18 bits per heavy atom. The third-order valence-electron chi connectivity index (χ3n) is 3.56. The van der Waals surface area contributed by atoms with Crippen molar-refractivity contribution >= 4 is 17.5 Å². The lowest BCUT2D eigenvalue weighted by Crippen LogP contribution is -2.25. The van der Waals surface area contributed by atoms with Gasteiger partial charge in [0.2, 0.25) is 0 Å². The Bertz CT molecular complexity index is 659. The number of amides is 1. The molecule has 0 atom stereocenters. The second kappa shape index (κ2) is 7.02. The highest BCUT2D eigenvalue weighted by Gasteiger charge is 2.21. The van der Waals surface area contributed by atoms with Crippen LogP contribution in [0.4, 0.5) is 11.6 Å². The highest BCUT2D eigenvalue weighted by molar-refractivity contribution is 6.03. The van der Waals surface area contributed by atoms with Crippen molar-refractivity contribution < 1.29 is 14.0 Å². The van der Waals surface area contributed by atoms with Gasteiger partial charge in [-0.05, 0) is 36.6 Å². The molecule has 0 spiro atoms. The van der Waals surface area contributed by atoms with Crippen molar-refractivity contribution in [2.24, 2.45) is 0 Å².